The van der Waals surface area contributed by atoms with Crippen molar-refractivity contribution in [1.29, 1.82) is 0 Å². The molecule has 142 valence electrons. The monoisotopic (exact) mass is 364 g/mol. The zero-order valence-electron chi connectivity index (χ0n) is 16.4. The van der Waals surface area contributed by atoms with Gasteiger partial charge in [0.15, 0.2) is 0 Å². The first-order valence-electron chi connectivity index (χ1n) is 9.63. The van der Waals surface area contributed by atoms with Crippen LogP contribution in [-0.2, 0) is 6.42 Å². The Bertz CT molecular complexity index is 836. The first kappa shape index (κ1) is 19.2. The third kappa shape index (κ3) is 4.98. The van der Waals surface area contributed by atoms with Gasteiger partial charge in [-0.1, -0.05) is 37.6 Å². The molecular weight excluding hydrogens is 336 g/mol. The molecule has 0 aliphatic rings. The van der Waals surface area contributed by atoms with E-state index in [1.807, 2.05) is 19.1 Å². The molecule has 4 nitrogen and oxygen atoms in total. The molecule has 0 saturated carbocycles. The summed E-state index contributed by atoms with van der Waals surface area (Å²) >= 11 is 0. The van der Waals surface area contributed by atoms with Gasteiger partial charge < -0.3 is 14.5 Å². The number of benzene rings is 2. The van der Waals surface area contributed by atoms with Crippen LogP contribution in [-0.4, -0.2) is 25.2 Å². The summed E-state index contributed by atoms with van der Waals surface area (Å²) in [5.74, 6) is 2.46. The Labute approximate surface area is 161 Å². The first-order chi connectivity index (χ1) is 13.2. The predicted molar refractivity (Wildman–Crippen MR) is 110 cm³/mol. The number of aryl methyl sites for hydroxylation is 1. The van der Waals surface area contributed by atoms with Crippen LogP contribution in [0.4, 0.5) is 0 Å². The smallest absolute Gasteiger partial charge is 0.226 e. The lowest BCUT2D eigenvalue weighted by Crippen LogP contribution is -2.18. The average molecular weight is 364 g/mol. The second-order valence-electron chi connectivity index (χ2n) is 6.68. The third-order valence-corrected chi connectivity index (χ3v) is 4.69. The highest BCUT2D eigenvalue weighted by Crippen LogP contribution is 2.27. The topological polar surface area (TPSA) is 47.3 Å². The Morgan fingerprint density at radius 3 is 2.19 bits per heavy atom. The van der Waals surface area contributed by atoms with Gasteiger partial charge in [-0.2, -0.15) is 0 Å². The van der Waals surface area contributed by atoms with Gasteiger partial charge in [-0.05, 0) is 55.3 Å². The van der Waals surface area contributed by atoms with Gasteiger partial charge in [0.25, 0.3) is 0 Å². The van der Waals surface area contributed by atoms with E-state index >= 15 is 0 Å². The molecule has 0 aliphatic heterocycles. The molecule has 4 heteroatoms. The first-order valence-corrected chi connectivity index (χ1v) is 9.63. The molecule has 0 bridgehead atoms. The second-order valence-corrected chi connectivity index (χ2v) is 6.68. The molecule has 0 amide bonds. The maximum absolute atomic E-state index is 5.90. The summed E-state index contributed by atoms with van der Waals surface area (Å²) in [5, 5.41) is 3.45. The molecule has 0 atom stereocenters. The van der Waals surface area contributed by atoms with E-state index in [9.17, 15) is 0 Å². The molecule has 0 aliphatic carbocycles. The van der Waals surface area contributed by atoms with Crippen molar-refractivity contribution >= 4 is 0 Å². The predicted octanol–water partition coefficient (Wildman–Crippen LogP) is 5.26. The molecule has 3 rings (SSSR count). The van der Waals surface area contributed by atoms with Gasteiger partial charge in [-0.15, -0.1) is 0 Å². The van der Waals surface area contributed by atoms with Crippen LogP contribution in [0, 0.1) is 6.92 Å². The molecule has 2 aromatic carbocycles. The van der Waals surface area contributed by atoms with Crippen molar-refractivity contribution in [1.82, 2.24) is 10.3 Å². The van der Waals surface area contributed by atoms with Crippen molar-refractivity contribution in [3.8, 4) is 28.3 Å². The lowest BCUT2D eigenvalue weighted by Gasteiger charge is -2.04. The van der Waals surface area contributed by atoms with Gasteiger partial charge in [0.05, 0.1) is 12.8 Å². The highest BCUT2D eigenvalue weighted by Gasteiger charge is 2.11. The fraction of sp³-hybridized carbons (Fsp3) is 0.348. The van der Waals surface area contributed by atoms with Crippen LogP contribution in [0.1, 0.15) is 31.2 Å². The number of hydrogen-bond acceptors (Lipinski definition) is 4. The van der Waals surface area contributed by atoms with Crippen molar-refractivity contribution in [3.05, 3.63) is 60.0 Å². The number of hydrogen-bond donors (Lipinski definition) is 1. The van der Waals surface area contributed by atoms with E-state index in [2.05, 4.69) is 48.6 Å². The number of oxazole rings is 1. The highest BCUT2D eigenvalue weighted by atomic mass is 16.5. The van der Waals surface area contributed by atoms with E-state index in [1.54, 1.807) is 7.11 Å². The lowest BCUT2D eigenvalue weighted by atomic mass is 10.0. The number of nitrogens with zero attached hydrogens (tertiary/aromatic N) is 1. The fourth-order valence-corrected chi connectivity index (χ4v) is 3.01. The van der Waals surface area contributed by atoms with Gasteiger partial charge in [0, 0.05) is 18.5 Å². The largest absolute Gasteiger partial charge is 0.497 e. The standard InChI is InChI=1S/C23H28N2O2/c1-4-5-15-24-16-14-22-17(2)27-23(25-22)20-8-6-18(7-9-20)19-10-12-21(26-3)13-11-19/h6-13,24H,4-5,14-16H2,1-3H3. The number of nitrogens with one attached hydrogen (secondary N) is 1. The number of aromatic nitrogens is 1. The summed E-state index contributed by atoms with van der Waals surface area (Å²) in [7, 11) is 1.68. The third-order valence-electron chi connectivity index (χ3n) is 4.69. The summed E-state index contributed by atoms with van der Waals surface area (Å²) in [5.41, 5.74) is 4.35. The van der Waals surface area contributed by atoms with Crippen LogP contribution in [0.25, 0.3) is 22.6 Å². The second kappa shape index (κ2) is 9.38. The number of ether oxygens (including phenoxy) is 1. The summed E-state index contributed by atoms with van der Waals surface area (Å²) in [4.78, 5) is 4.70. The number of methoxy groups -OCH3 is 1. The molecule has 27 heavy (non-hydrogen) atoms. The van der Waals surface area contributed by atoms with Gasteiger partial charge in [-0.3, -0.25) is 0 Å². The van der Waals surface area contributed by atoms with Crippen LogP contribution in [0.5, 0.6) is 5.75 Å². The van der Waals surface area contributed by atoms with E-state index in [1.165, 1.54) is 12.8 Å². The Morgan fingerprint density at radius 1 is 0.926 bits per heavy atom. The number of rotatable bonds is 9. The van der Waals surface area contributed by atoms with Crippen LogP contribution in [0.15, 0.2) is 52.9 Å². The van der Waals surface area contributed by atoms with Gasteiger partial charge in [0.2, 0.25) is 5.89 Å². The molecule has 1 heterocycles. The zero-order valence-corrected chi connectivity index (χ0v) is 16.4. The minimum atomic E-state index is 0.692. The summed E-state index contributed by atoms with van der Waals surface area (Å²) in [6.07, 6.45) is 3.32. The maximum Gasteiger partial charge on any atom is 0.226 e. The van der Waals surface area contributed by atoms with E-state index in [0.29, 0.717) is 5.89 Å². The minimum Gasteiger partial charge on any atom is -0.497 e. The van der Waals surface area contributed by atoms with Crippen molar-refractivity contribution in [3.63, 3.8) is 0 Å². The summed E-state index contributed by atoms with van der Waals surface area (Å²) < 4.78 is 11.1. The van der Waals surface area contributed by atoms with Crippen molar-refractivity contribution < 1.29 is 9.15 Å². The minimum absolute atomic E-state index is 0.692. The molecule has 0 saturated heterocycles. The molecule has 0 fully saturated rings. The molecule has 1 aromatic heterocycles. The van der Waals surface area contributed by atoms with Crippen LogP contribution >= 0.6 is 0 Å². The number of unbranched alkanes of at least 4 members (excludes halogenated alkanes) is 1. The zero-order chi connectivity index (χ0) is 19.1. The SMILES string of the molecule is CCCCNCCc1nc(-c2ccc(-c3ccc(OC)cc3)cc2)oc1C. The van der Waals surface area contributed by atoms with Crippen molar-refractivity contribution in [2.24, 2.45) is 0 Å². The van der Waals surface area contributed by atoms with E-state index < -0.39 is 0 Å². The van der Waals surface area contributed by atoms with Crippen molar-refractivity contribution in [2.75, 3.05) is 20.2 Å². The highest BCUT2D eigenvalue weighted by molar-refractivity contribution is 5.67. The van der Waals surface area contributed by atoms with Gasteiger partial charge in [-0.25, -0.2) is 4.98 Å². The summed E-state index contributed by atoms with van der Waals surface area (Å²) in [6, 6.07) is 16.4. The average Bonchev–Trinajstić information content (AvgIpc) is 3.09. The Kier molecular flexibility index (Phi) is 6.66. The molecule has 0 unspecified atom stereocenters. The molecule has 3 aromatic rings. The van der Waals surface area contributed by atoms with Crippen LogP contribution in [0.3, 0.4) is 0 Å². The normalized spacial score (nSPS) is 10.9. The van der Waals surface area contributed by atoms with E-state index in [4.69, 9.17) is 14.1 Å². The maximum atomic E-state index is 5.90. The van der Waals surface area contributed by atoms with Crippen LogP contribution < -0.4 is 10.1 Å². The van der Waals surface area contributed by atoms with Crippen molar-refractivity contribution in [2.45, 2.75) is 33.1 Å². The quantitative estimate of drug-likeness (QED) is 0.526. The molecule has 0 spiro atoms. The van der Waals surface area contributed by atoms with Gasteiger partial charge in [0.1, 0.15) is 11.5 Å². The van der Waals surface area contributed by atoms with Crippen LogP contribution in [0.2, 0.25) is 0 Å². The summed E-state index contributed by atoms with van der Waals surface area (Å²) in [6.45, 7) is 6.19. The molecule has 0 radical (unpaired) electrons. The Hall–Kier alpha value is -2.59. The molecular formula is C23H28N2O2. The molecule has 1 N–H and O–H groups in total. The fourth-order valence-electron chi connectivity index (χ4n) is 3.01. The van der Waals surface area contributed by atoms with E-state index in [0.717, 1.165) is 53.4 Å². The Morgan fingerprint density at radius 2 is 1.56 bits per heavy atom. The van der Waals surface area contributed by atoms with E-state index in [-0.39, 0.29) is 0 Å². The lowest BCUT2D eigenvalue weighted by molar-refractivity contribution is 0.415. The Balaban J connectivity index is 1.67. The van der Waals surface area contributed by atoms with Gasteiger partial charge >= 0.3 is 0 Å².